The van der Waals surface area contributed by atoms with Crippen molar-refractivity contribution in [2.45, 2.75) is 31.7 Å². The van der Waals surface area contributed by atoms with Crippen LogP contribution in [0.15, 0.2) is 30.5 Å². The monoisotopic (exact) mass is 298 g/mol. The van der Waals surface area contributed by atoms with E-state index < -0.39 is 0 Å². The predicted molar refractivity (Wildman–Crippen MR) is 88.7 cm³/mol. The summed E-state index contributed by atoms with van der Waals surface area (Å²) in [5.41, 5.74) is 0. The summed E-state index contributed by atoms with van der Waals surface area (Å²) in [4.78, 5) is 5.00. The van der Waals surface area contributed by atoms with Crippen molar-refractivity contribution in [3.8, 4) is 0 Å². The van der Waals surface area contributed by atoms with E-state index in [9.17, 15) is 0 Å². The maximum Gasteiger partial charge on any atom is 0.151 e. The van der Waals surface area contributed by atoms with Crippen molar-refractivity contribution < 1.29 is 0 Å². The fourth-order valence-electron chi connectivity index (χ4n) is 4.59. The quantitative estimate of drug-likeness (QED) is 0.800. The summed E-state index contributed by atoms with van der Waals surface area (Å²) in [6, 6.07) is 4.63. The summed E-state index contributed by atoms with van der Waals surface area (Å²) in [5.74, 6) is 3.70. The number of fused-ring (bicyclic) bond motifs is 2. The number of nitrogens with zero attached hydrogens (tertiary/aromatic N) is 4. The Morgan fingerprint density at radius 3 is 2.73 bits per heavy atom. The average molecular weight is 298 g/mol. The Hall–Kier alpha value is -1.42. The van der Waals surface area contributed by atoms with Crippen LogP contribution in [0.3, 0.4) is 0 Å². The van der Waals surface area contributed by atoms with E-state index in [-0.39, 0.29) is 0 Å². The number of hydrogen-bond donors (Lipinski definition) is 0. The molecule has 1 aliphatic heterocycles. The van der Waals surface area contributed by atoms with Crippen molar-refractivity contribution in [2.75, 3.05) is 31.6 Å². The van der Waals surface area contributed by atoms with E-state index in [1.165, 1.54) is 45.3 Å². The first-order chi connectivity index (χ1) is 10.8. The molecule has 1 aromatic rings. The Kier molecular flexibility index (Phi) is 3.87. The lowest BCUT2D eigenvalue weighted by Crippen LogP contribution is -2.45. The molecule has 0 aromatic carbocycles. The number of allylic oxidation sites excluding steroid dienone is 2. The van der Waals surface area contributed by atoms with Gasteiger partial charge in [-0.25, -0.2) is 0 Å². The molecular formula is C18H26N4. The molecule has 0 amide bonds. The van der Waals surface area contributed by atoms with Crippen LogP contribution >= 0.6 is 0 Å². The van der Waals surface area contributed by atoms with Crippen molar-refractivity contribution in [3.05, 3.63) is 30.5 Å². The number of piperidine rings is 1. The van der Waals surface area contributed by atoms with Gasteiger partial charge in [0.1, 0.15) is 0 Å². The molecule has 2 fully saturated rings. The van der Waals surface area contributed by atoms with Crippen molar-refractivity contribution in [1.29, 1.82) is 0 Å². The molecule has 3 aliphatic rings. The van der Waals surface area contributed by atoms with Crippen molar-refractivity contribution >= 4 is 5.82 Å². The maximum absolute atomic E-state index is 4.24. The lowest BCUT2D eigenvalue weighted by atomic mass is 9.92. The molecule has 4 heteroatoms. The van der Waals surface area contributed by atoms with Gasteiger partial charge in [-0.3, -0.25) is 0 Å². The van der Waals surface area contributed by atoms with Gasteiger partial charge in [-0.05, 0) is 55.6 Å². The fraction of sp³-hybridized carbons (Fsp3) is 0.667. The molecule has 3 atom stereocenters. The summed E-state index contributed by atoms with van der Waals surface area (Å²) in [6.07, 6.45) is 12.0. The van der Waals surface area contributed by atoms with E-state index in [1.807, 2.05) is 6.07 Å². The average Bonchev–Trinajstić information content (AvgIpc) is 3.19. The zero-order valence-corrected chi connectivity index (χ0v) is 13.4. The van der Waals surface area contributed by atoms with Crippen molar-refractivity contribution in [1.82, 2.24) is 15.1 Å². The van der Waals surface area contributed by atoms with Gasteiger partial charge >= 0.3 is 0 Å². The largest absolute Gasteiger partial charge is 0.355 e. The van der Waals surface area contributed by atoms with Crippen LogP contribution in [0.5, 0.6) is 0 Å². The third-order valence-corrected chi connectivity index (χ3v) is 5.93. The van der Waals surface area contributed by atoms with E-state index in [1.54, 1.807) is 6.20 Å². The van der Waals surface area contributed by atoms with Crippen LogP contribution in [0.4, 0.5) is 5.82 Å². The first-order valence-corrected chi connectivity index (χ1v) is 8.71. The summed E-state index contributed by atoms with van der Waals surface area (Å²) in [7, 11) is 2.16. The molecule has 2 aliphatic carbocycles. The van der Waals surface area contributed by atoms with E-state index in [0.29, 0.717) is 6.04 Å². The normalized spacial score (nSPS) is 31.8. The molecule has 0 N–H and O–H groups in total. The van der Waals surface area contributed by atoms with Gasteiger partial charge in [-0.2, -0.15) is 5.10 Å². The Morgan fingerprint density at radius 1 is 1.23 bits per heavy atom. The number of aromatic nitrogens is 2. The second kappa shape index (κ2) is 5.99. The number of rotatable bonds is 4. The number of hydrogen-bond acceptors (Lipinski definition) is 4. The van der Waals surface area contributed by atoms with Gasteiger partial charge in [0, 0.05) is 38.9 Å². The molecule has 4 nitrogen and oxygen atoms in total. The molecule has 0 spiro atoms. The lowest BCUT2D eigenvalue weighted by molar-refractivity contribution is 0.171. The molecule has 3 unspecified atom stereocenters. The van der Waals surface area contributed by atoms with Crippen LogP contribution in [0.25, 0.3) is 0 Å². The molecule has 0 radical (unpaired) electrons. The zero-order chi connectivity index (χ0) is 14.9. The topological polar surface area (TPSA) is 32.3 Å². The fourth-order valence-corrected chi connectivity index (χ4v) is 4.59. The first-order valence-electron chi connectivity index (χ1n) is 8.71. The van der Waals surface area contributed by atoms with Crippen LogP contribution < -0.4 is 4.90 Å². The minimum absolute atomic E-state index is 0.605. The van der Waals surface area contributed by atoms with Crippen LogP contribution in [0.1, 0.15) is 25.7 Å². The van der Waals surface area contributed by atoms with E-state index in [4.69, 9.17) is 0 Å². The third kappa shape index (κ3) is 2.76. The summed E-state index contributed by atoms with van der Waals surface area (Å²) in [5, 5.41) is 8.23. The summed E-state index contributed by atoms with van der Waals surface area (Å²) >= 11 is 0. The molecule has 22 heavy (non-hydrogen) atoms. The SMILES string of the molecule is CN(c1cccnn1)C1CCN(CC2CC3C=CC2C3)CC1. The molecule has 1 saturated heterocycles. The standard InChI is InChI=1S/C18H26N4/c1-21(18-3-2-8-19-20-18)17-6-9-22(10-7-17)13-16-12-14-4-5-15(16)11-14/h2-5,8,14-17H,6-7,9-13H2,1H3. The van der Waals surface area contributed by atoms with Gasteiger partial charge < -0.3 is 9.80 Å². The minimum atomic E-state index is 0.605. The molecule has 2 bridgehead atoms. The highest BCUT2D eigenvalue weighted by Gasteiger charge is 2.37. The molecule has 1 aromatic heterocycles. The number of likely N-dealkylation sites (tertiary alicyclic amines) is 1. The molecule has 4 rings (SSSR count). The van der Waals surface area contributed by atoms with Gasteiger partial charge in [-0.1, -0.05) is 12.2 Å². The molecular weight excluding hydrogens is 272 g/mol. The van der Waals surface area contributed by atoms with E-state index >= 15 is 0 Å². The number of anilines is 1. The van der Waals surface area contributed by atoms with Gasteiger partial charge in [0.2, 0.25) is 0 Å². The van der Waals surface area contributed by atoms with Gasteiger partial charge in [-0.15, -0.1) is 5.10 Å². The Labute approximate surface area is 133 Å². The predicted octanol–water partition coefficient (Wildman–Crippen LogP) is 2.59. The van der Waals surface area contributed by atoms with E-state index in [2.05, 4.69) is 45.3 Å². The maximum atomic E-state index is 4.24. The van der Waals surface area contributed by atoms with Crippen LogP contribution in [0.2, 0.25) is 0 Å². The Morgan fingerprint density at radius 2 is 2.09 bits per heavy atom. The summed E-state index contributed by atoms with van der Waals surface area (Å²) < 4.78 is 0. The lowest BCUT2D eigenvalue weighted by Gasteiger charge is -2.38. The highest BCUT2D eigenvalue weighted by Crippen LogP contribution is 2.43. The van der Waals surface area contributed by atoms with Crippen LogP contribution in [0, 0.1) is 17.8 Å². The Bertz CT molecular complexity index is 521. The van der Waals surface area contributed by atoms with Crippen LogP contribution in [-0.2, 0) is 0 Å². The smallest absolute Gasteiger partial charge is 0.151 e. The van der Waals surface area contributed by atoms with Crippen molar-refractivity contribution in [3.63, 3.8) is 0 Å². The zero-order valence-electron chi connectivity index (χ0n) is 13.4. The van der Waals surface area contributed by atoms with Gasteiger partial charge in [0.15, 0.2) is 5.82 Å². The first kappa shape index (κ1) is 14.2. The minimum Gasteiger partial charge on any atom is -0.355 e. The second-order valence-corrected chi connectivity index (χ2v) is 7.26. The van der Waals surface area contributed by atoms with Gasteiger partial charge in [0.05, 0.1) is 0 Å². The van der Waals surface area contributed by atoms with Gasteiger partial charge in [0.25, 0.3) is 0 Å². The van der Waals surface area contributed by atoms with Crippen molar-refractivity contribution in [2.24, 2.45) is 17.8 Å². The molecule has 2 heterocycles. The third-order valence-electron chi connectivity index (χ3n) is 5.93. The second-order valence-electron chi connectivity index (χ2n) is 7.26. The van der Waals surface area contributed by atoms with E-state index in [0.717, 1.165) is 23.6 Å². The highest BCUT2D eigenvalue weighted by molar-refractivity contribution is 5.36. The summed E-state index contributed by atoms with van der Waals surface area (Å²) in [6.45, 7) is 3.77. The Balaban J connectivity index is 1.28. The molecule has 1 saturated carbocycles. The highest BCUT2D eigenvalue weighted by atomic mass is 15.3. The molecule has 118 valence electrons. The van der Waals surface area contributed by atoms with Crippen LogP contribution in [-0.4, -0.2) is 47.8 Å².